The summed E-state index contributed by atoms with van der Waals surface area (Å²) in [5.41, 5.74) is 0. The van der Waals surface area contributed by atoms with Gasteiger partial charge in [-0.05, 0) is 25.2 Å². The highest BCUT2D eigenvalue weighted by molar-refractivity contribution is 5.82. The van der Waals surface area contributed by atoms with Crippen molar-refractivity contribution in [3.05, 3.63) is 0 Å². The van der Waals surface area contributed by atoms with E-state index >= 15 is 0 Å². The standard InChI is InChI=1S/C12H19NO3/c1-6-4-9(6)13-8(3)11(12(15)16)7(2)5-10(13)14/h6-9,11H,4-5H2,1-3H3,(H,15,16). The molecule has 5 unspecified atom stereocenters. The third-order valence-corrected chi connectivity index (χ3v) is 4.07. The zero-order valence-electron chi connectivity index (χ0n) is 10.0. The topological polar surface area (TPSA) is 57.6 Å². The van der Waals surface area contributed by atoms with Crippen LogP contribution in [0, 0.1) is 17.8 Å². The average molecular weight is 225 g/mol. The van der Waals surface area contributed by atoms with Crippen molar-refractivity contribution in [3.8, 4) is 0 Å². The van der Waals surface area contributed by atoms with Crippen molar-refractivity contribution in [2.24, 2.45) is 17.8 Å². The summed E-state index contributed by atoms with van der Waals surface area (Å²) in [5, 5.41) is 9.21. The summed E-state index contributed by atoms with van der Waals surface area (Å²) in [6.07, 6.45) is 1.40. The second-order valence-corrected chi connectivity index (χ2v) is 5.37. The van der Waals surface area contributed by atoms with E-state index in [0.717, 1.165) is 6.42 Å². The van der Waals surface area contributed by atoms with Gasteiger partial charge in [0.15, 0.2) is 0 Å². The summed E-state index contributed by atoms with van der Waals surface area (Å²) >= 11 is 0. The number of amides is 1. The van der Waals surface area contributed by atoms with Crippen LogP contribution in [0.25, 0.3) is 0 Å². The fourth-order valence-electron chi connectivity index (χ4n) is 3.01. The minimum atomic E-state index is -0.772. The molecule has 5 atom stereocenters. The average Bonchev–Trinajstić information content (AvgIpc) is 2.80. The van der Waals surface area contributed by atoms with Crippen molar-refractivity contribution in [1.29, 1.82) is 0 Å². The molecule has 0 radical (unpaired) electrons. The predicted molar refractivity (Wildman–Crippen MR) is 58.8 cm³/mol. The molecule has 0 spiro atoms. The Morgan fingerprint density at radius 1 is 1.31 bits per heavy atom. The van der Waals surface area contributed by atoms with Crippen LogP contribution in [-0.4, -0.2) is 34.0 Å². The number of hydrogen-bond acceptors (Lipinski definition) is 2. The summed E-state index contributed by atoms with van der Waals surface area (Å²) in [6, 6.07) is 0.126. The SMILES string of the molecule is CC1CC(=O)N(C2CC2C)C(C)C1C(=O)O. The molecule has 0 aromatic rings. The number of nitrogens with zero attached hydrogens (tertiary/aromatic N) is 1. The number of carbonyl (C=O) groups is 2. The van der Waals surface area contributed by atoms with E-state index in [1.54, 1.807) is 0 Å². The van der Waals surface area contributed by atoms with Gasteiger partial charge in [0.2, 0.25) is 5.91 Å². The Bertz CT molecular complexity index is 328. The maximum atomic E-state index is 11.9. The molecular weight excluding hydrogens is 206 g/mol. The second kappa shape index (κ2) is 3.75. The smallest absolute Gasteiger partial charge is 0.308 e. The van der Waals surface area contributed by atoms with Crippen molar-refractivity contribution in [1.82, 2.24) is 4.90 Å². The van der Waals surface area contributed by atoms with Crippen molar-refractivity contribution in [3.63, 3.8) is 0 Å². The zero-order chi connectivity index (χ0) is 12.0. The van der Waals surface area contributed by atoms with Gasteiger partial charge in [0.1, 0.15) is 0 Å². The molecule has 2 fully saturated rings. The lowest BCUT2D eigenvalue weighted by Crippen LogP contribution is -2.53. The monoisotopic (exact) mass is 225 g/mol. The Morgan fingerprint density at radius 3 is 2.31 bits per heavy atom. The van der Waals surface area contributed by atoms with Gasteiger partial charge >= 0.3 is 5.97 Å². The number of piperidine rings is 1. The molecule has 4 nitrogen and oxygen atoms in total. The highest BCUT2D eigenvalue weighted by Crippen LogP contribution is 2.41. The van der Waals surface area contributed by atoms with Gasteiger partial charge in [0.05, 0.1) is 5.92 Å². The normalized spacial score (nSPS) is 43.3. The molecule has 1 saturated heterocycles. The van der Waals surface area contributed by atoms with Crippen LogP contribution in [0.5, 0.6) is 0 Å². The molecule has 0 aromatic carbocycles. The van der Waals surface area contributed by atoms with E-state index in [1.165, 1.54) is 0 Å². The molecule has 1 amide bonds. The molecule has 2 aliphatic rings. The van der Waals surface area contributed by atoms with E-state index in [-0.39, 0.29) is 23.9 Å². The zero-order valence-corrected chi connectivity index (χ0v) is 10.0. The Balaban J connectivity index is 2.19. The van der Waals surface area contributed by atoms with Crippen LogP contribution in [0.2, 0.25) is 0 Å². The van der Waals surface area contributed by atoms with Gasteiger partial charge in [-0.3, -0.25) is 9.59 Å². The Kier molecular flexibility index (Phi) is 2.68. The van der Waals surface area contributed by atoms with Gasteiger partial charge in [-0.25, -0.2) is 0 Å². The predicted octanol–water partition coefficient (Wildman–Crippen LogP) is 1.35. The molecular formula is C12H19NO3. The first-order chi connectivity index (χ1) is 7.43. The molecule has 1 N–H and O–H groups in total. The van der Waals surface area contributed by atoms with E-state index in [1.807, 2.05) is 18.7 Å². The van der Waals surface area contributed by atoms with Crippen LogP contribution in [0.4, 0.5) is 0 Å². The number of carbonyl (C=O) groups excluding carboxylic acids is 1. The highest BCUT2D eigenvalue weighted by atomic mass is 16.4. The van der Waals surface area contributed by atoms with Gasteiger partial charge in [0.25, 0.3) is 0 Å². The minimum Gasteiger partial charge on any atom is -0.481 e. The van der Waals surface area contributed by atoms with Crippen LogP contribution < -0.4 is 0 Å². The maximum absolute atomic E-state index is 11.9. The lowest BCUT2D eigenvalue weighted by Gasteiger charge is -2.41. The minimum absolute atomic E-state index is 0.0506. The number of rotatable bonds is 2. The van der Waals surface area contributed by atoms with Gasteiger partial charge in [0, 0.05) is 18.5 Å². The Morgan fingerprint density at radius 2 is 1.88 bits per heavy atom. The van der Waals surface area contributed by atoms with Crippen LogP contribution in [-0.2, 0) is 9.59 Å². The van der Waals surface area contributed by atoms with E-state index in [0.29, 0.717) is 12.3 Å². The van der Waals surface area contributed by atoms with Crippen LogP contribution in [0.1, 0.15) is 33.6 Å². The van der Waals surface area contributed by atoms with Gasteiger partial charge in [-0.2, -0.15) is 0 Å². The Labute approximate surface area is 95.6 Å². The van der Waals surface area contributed by atoms with Gasteiger partial charge < -0.3 is 10.0 Å². The quantitative estimate of drug-likeness (QED) is 0.771. The molecule has 1 aliphatic carbocycles. The summed E-state index contributed by atoms with van der Waals surface area (Å²) in [6.45, 7) is 5.84. The van der Waals surface area contributed by atoms with Crippen molar-refractivity contribution >= 4 is 11.9 Å². The molecule has 0 bridgehead atoms. The summed E-state index contributed by atoms with van der Waals surface area (Å²) in [5.74, 6) is -0.567. The largest absolute Gasteiger partial charge is 0.481 e. The van der Waals surface area contributed by atoms with Gasteiger partial charge in [-0.15, -0.1) is 0 Å². The molecule has 2 rings (SSSR count). The van der Waals surface area contributed by atoms with E-state index in [2.05, 4.69) is 6.92 Å². The fraction of sp³-hybridized carbons (Fsp3) is 0.833. The number of carboxylic acids is 1. The molecule has 16 heavy (non-hydrogen) atoms. The number of likely N-dealkylation sites (tertiary alicyclic amines) is 1. The third-order valence-electron chi connectivity index (χ3n) is 4.07. The second-order valence-electron chi connectivity index (χ2n) is 5.37. The van der Waals surface area contributed by atoms with Gasteiger partial charge in [-0.1, -0.05) is 13.8 Å². The molecule has 0 aromatic heterocycles. The number of aliphatic carboxylic acids is 1. The summed E-state index contributed by atoms with van der Waals surface area (Å²) in [4.78, 5) is 25.0. The lowest BCUT2D eigenvalue weighted by atomic mass is 9.81. The molecule has 1 saturated carbocycles. The molecule has 90 valence electrons. The first-order valence-electron chi connectivity index (χ1n) is 5.97. The number of carboxylic acid groups (broad SMARTS) is 1. The molecule has 4 heteroatoms. The van der Waals surface area contributed by atoms with E-state index in [9.17, 15) is 14.7 Å². The highest BCUT2D eigenvalue weighted by Gasteiger charge is 2.49. The van der Waals surface area contributed by atoms with Crippen molar-refractivity contribution < 1.29 is 14.7 Å². The first kappa shape index (κ1) is 11.4. The third kappa shape index (κ3) is 1.70. The Hall–Kier alpha value is -1.06. The van der Waals surface area contributed by atoms with E-state index in [4.69, 9.17) is 0 Å². The molecule has 1 heterocycles. The van der Waals surface area contributed by atoms with Crippen LogP contribution in [0.3, 0.4) is 0 Å². The maximum Gasteiger partial charge on any atom is 0.308 e. The van der Waals surface area contributed by atoms with Crippen molar-refractivity contribution in [2.75, 3.05) is 0 Å². The first-order valence-corrected chi connectivity index (χ1v) is 5.97. The summed E-state index contributed by atoms with van der Waals surface area (Å²) < 4.78 is 0. The van der Waals surface area contributed by atoms with Crippen LogP contribution in [0.15, 0.2) is 0 Å². The number of hydrogen-bond donors (Lipinski definition) is 1. The fourth-order valence-corrected chi connectivity index (χ4v) is 3.01. The van der Waals surface area contributed by atoms with Crippen LogP contribution >= 0.6 is 0 Å². The lowest BCUT2D eigenvalue weighted by molar-refractivity contribution is -0.155. The van der Waals surface area contributed by atoms with Crippen molar-refractivity contribution in [2.45, 2.75) is 45.7 Å². The van der Waals surface area contributed by atoms with E-state index < -0.39 is 11.9 Å². The molecule has 1 aliphatic heterocycles. The summed E-state index contributed by atoms with van der Waals surface area (Å²) in [7, 11) is 0.